The van der Waals surface area contributed by atoms with Crippen molar-refractivity contribution in [1.29, 1.82) is 0 Å². The second-order valence-electron chi connectivity index (χ2n) is 3.94. The molecule has 0 aromatic heterocycles. The maximum absolute atomic E-state index is 10.8. The summed E-state index contributed by atoms with van der Waals surface area (Å²) >= 11 is 0. The van der Waals surface area contributed by atoms with Crippen LogP contribution in [0.15, 0.2) is 11.6 Å². The van der Waals surface area contributed by atoms with Gasteiger partial charge in [0.2, 0.25) is 0 Å². The van der Waals surface area contributed by atoms with Crippen LogP contribution >= 0.6 is 0 Å². The lowest BCUT2D eigenvalue weighted by Crippen LogP contribution is -2.15. The van der Waals surface area contributed by atoms with E-state index in [-0.39, 0.29) is 0 Å². The number of ether oxygens (including phenoxy) is 2. The molecule has 0 aliphatic carbocycles. The predicted octanol–water partition coefficient (Wildman–Crippen LogP) is 2.58. The average Bonchev–Trinajstić information content (AvgIpc) is 2.30. The molecule has 0 radical (unpaired) electrons. The Morgan fingerprint density at radius 2 is 2.19 bits per heavy atom. The van der Waals surface area contributed by atoms with Gasteiger partial charge in [-0.25, -0.2) is 4.79 Å². The minimum Gasteiger partial charge on any atom is -0.447 e. The molecule has 90 valence electrons. The van der Waals surface area contributed by atoms with Gasteiger partial charge in [-0.2, -0.15) is 0 Å². The van der Waals surface area contributed by atoms with Crippen molar-refractivity contribution in [3.63, 3.8) is 0 Å². The molecule has 0 saturated carbocycles. The van der Waals surface area contributed by atoms with E-state index in [1.165, 1.54) is 19.3 Å². The zero-order valence-electron chi connectivity index (χ0n) is 9.61. The molecular weight excluding hydrogens is 206 g/mol. The molecule has 1 fully saturated rings. The fourth-order valence-corrected chi connectivity index (χ4v) is 1.83. The van der Waals surface area contributed by atoms with E-state index in [4.69, 9.17) is 9.47 Å². The third kappa shape index (κ3) is 5.69. The van der Waals surface area contributed by atoms with Crippen LogP contribution in [0.2, 0.25) is 0 Å². The molecule has 1 aliphatic rings. The highest BCUT2D eigenvalue weighted by Crippen LogP contribution is 2.20. The van der Waals surface area contributed by atoms with Gasteiger partial charge in [-0.1, -0.05) is 6.42 Å². The third-order valence-electron chi connectivity index (χ3n) is 2.74. The Morgan fingerprint density at radius 3 is 2.88 bits per heavy atom. The van der Waals surface area contributed by atoms with Crippen molar-refractivity contribution in [1.82, 2.24) is 0 Å². The van der Waals surface area contributed by atoms with E-state index in [0.29, 0.717) is 6.61 Å². The topological polar surface area (TPSA) is 47.9 Å². The minimum atomic E-state index is -0.596. The summed E-state index contributed by atoms with van der Waals surface area (Å²) in [6.45, 7) is 5.43. The highest BCUT2D eigenvalue weighted by Gasteiger charge is 2.12. The van der Waals surface area contributed by atoms with Crippen LogP contribution < -0.4 is 0 Å². The molecule has 0 atom stereocenters. The summed E-state index contributed by atoms with van der Waals surface area (Å²) < 4.78 is 10.1. The Kier molecular flexibility index (Phi) is 6.54. The van der Waals surface area contributed by atoms with Crippen LogP contribution in [0, 0.1) is 5.92 Å². The molecule has 0 aromatic carbocycles. The van der Waals surface area contributed by atoms with Crippen molar-refractivity contribution >= 4 is 12.0 Å². The van der Waals surface area contributed by atoms with E-state index in [1.807, 2.05) is 0 Å². The lowest BCUT2D eigenvalue weighted by molar-refractivity contribution is 0.0625. The van der Waals surface area contributed by atoms with Crippen LogP contribution in [0.5, 0.6) is 0 Å². The van der Waals surface area contributed by atoms with Gasteiger partial charge in [0.1, 0.15) is 0 Å². The van der Waals surface area contributed by atoms with E-state index in [2.05, 4.69) is 17.4 Å². The molecule has 16 heavy (non-hydrogen) atoms. The zero-order valence-corrected chi connectivity index (χ0v) is 9.61. The van der Waals surface area contributed by atoms with Crippen molar-refractivity contribution < 1.29 is 14.3 Å². The molecule has 4 heteroatoms. The lowest BCUT2D eigenvalue weighted by Gasteiger charge is -2.21. The monoisotopic (exact) mass is 225 g/mol. The second-order valence-corrected chi connectivity index (χ2v) is 3.94. The largest absolute Gasteiger partial charge is 0.447 e. The molecular formula is C12H19NO3. The first-order valence-corrected chi connectivity index (χ1v) is 5.80. The molecule has 1 saturated heterocycles. The van der Waals surface area contributed by atoms with Crippen molar-refractivity contribution in [3.05, 3.63) is 6.58 Å². The number of amides is 1. The second kappa shape index (κ2) is 8.08. The molecule has 1 aliphatic heterocycles. The summed E-state index contributed by atoms with van der Waals surface area (Å²) in [4.78, 5) is 14.1. The van der Waals surface area contributed by atoms with Gasteiger partial charge in [-0.05, 0) is 44.0 Å². The van der Waals surface area contributed by atoms with Gasteiger partial charge in [-0.15, -0.1) is 4.99 Å². The Morgan fingerprint density at radius 1 is 1.44 bits per heavy atom. The number of nitrogens with zero attached hydrogens (tertiary/aromatic N) is 1. The number of carbonyl (C=O) groups is 1. The Hall–Kier alpha value is -1.12. The average molecular weight is 225 g/mol. The van der Waals surface area contributed by atoms with Crippen molar-refractivity contribution in [3.8, 4) is 0 Å². The van der Waals surface area contributed by atoms with Crippen molar-refractivity contribution in [2.24, 2.45) is 10.9 Å². The van der Waals surface area contributed by atoms with E-state index in [0.717, 1.165) is 32.0 Å². The minimum absolute atomic E-state index is 0.438. The number of carbonyl (C=O) groups excluding carboxylic acids is 1. The smallest absolute Gasteiger partial charge is 0.441 e. The van der Waals surface area contributed by atoms with Gasteiger partial charge in [0.05, 0.1) is 6.61 Å². The van der Waals surface area contributed by atoms with Crippen molar-refractivity contribution in [2.75, 3.05) is 19.8 Å². The molecule has 1 rings (SSSR count). The summed E-state index contributed by atoms with van der Waals surface area (Å²) in [6.07, 6.45) is 4.93. The summed E-state index contributed by atoms with van der Waals surface area (Å²) in [5.41, 5.74) is 0. The van der Waals surface area contributed by atoms with Gasteiger partial charge in [0.25, 0.3) is 0 Å². The van der Waals surface area contributed by atoms with Gasteiger partial charge in [0, 0.05) is 13.2 Å². The highest BCUT2D eigenvalue weighted by atomic mass is 16.5. The normalized spacial score (nSPS) is 16.5. The standard InChI is InChI=1S/C12H19NO3/c1-2-13-12(14)16-8-4-3-5-11-6-9-15-10-7-11/h11H,1,3-10H2. The molecule has 0 aromatic rings. The number of unbranched alkanes of at least 4 members (excludes halogenated alkanes) is 1. The van der Waals surface area contributed by atoms with Gasteiger partial charge < -0.3 is 9.47 Å². The first-order chi connectivity index (χ1) is 7.83. The van der Waals surface area contributed by atoms with E-state index in [9.17, 15) is 4.79 Å². The quantitative estimate of drug-likeness (QED) is 0.533. The Bertz CT molecular complexity index is 253. The van der Waals surface area contributed by atoms with Gasteiger partial charge in [0.15, 0.2) is 0 Å². The predicted molar refractivity (Wildman–Crippen MR) is 61.8 cm³/mol. The van der Waals surface area contributed by atoms with Crippen LogP contribution in [0.25, 0.3) is 0 Å². The van der Waals surface area contributed by atoms with E-state index < -0.39 is 6.09 Å². The Balaban J connectivity index is 1.94. The van der Waals surface area contributed by atoms with Crippen molar-refractivity contribution in [2.45, 2.75) is 32.1 Å². The Labute approximate surface area is 96.3 Å². The maximum Gasteiger partial charge on any atom is 0.441 e. The maximum atomic E-state index is 10.8. The SMILES string of the molecule is C=C=NC(=O)OCCCCC1CCOCC1. The third-order valence-corrected chi connectivity index (χ3v) is 2.74. The molecule has 0 bridgehead atoms. The molecule has 1 heterocycles. The fraction of sp³-hybridized carbons (Fsp3) is 0.750. The van der Waals surface area contributed by atoms with Gasteiger partial charge in [-0.3, -0.25) is 0 Å². The number of rotatable bonds is 5. The lowest BCUT2D eigenvalue weighted by atomic mass is 9.94. The molecule has 0 spiro atoms. The van der Waals surface area contributed by atoms with Crippen LogP contribution in [-0.4, -0.2) is 31.8 Å². The summed E-state index contributed by atoms with van der Waals surface area (Å²) in [7, 11) is 0. The van der Waals surface area contributed by atoms with Gasteiger partial charge >= 0.3 is 6.09 Å². The molecule has 1 amide bonds. The molecule has 0 unspecified atom stereocenters. The summed E-state index contributed by atoms with van der Waals surface area (Å²) in [6, 6.07) is 0. The number of hydrogen-bond donors (Lipinski definition) is 0. The summed E-state index contributed by atoms with van der Waals surface area (Å²) in [5.74, 6) is 2.93. The first-order valence-electron chi connectivity index (χ1n) is 5.80. The van der Waals surface area contributed by atoms with Crippen LogP contribution in [0.1, 0.15) is 32.1 Å². The molecule has 4 nitrogen and oxygen atoms in total. The first kappa shape index (κ1) is 12.9. The van der Waals surface area contributed by atoms with E-state index in [1.54, 1.807) is 0 Å². The van der Waals surface area contributed by atoms with E-state index >= 15 is 0 Å². The fourth-order valence-electron chi connectivity index (χ4n) is 1.83. The highest BCUT2D eigenvalue weighted by molar-refractivity contribution is 5.76. The van der Waals surface area contributed by atoms with Crippen LogP contribution in [0.3, 0.4) is 0 Å². The number of hydrogen-bond acceptors (Lipinski definition) is 3. The van der Waals surface area contributed by atoms with Crippen LogP contribution in [0.4, 0.5) is 4.79 Å². The van der Waals surface area contributed by atoms with Crippen LogP contribution in [-0.2, 0) is 9.47 Å². The zero-order chi connectivity index (χ0) is 11.6. The molecule has 0 N–H and O–H groups in total. The summed E-state index contributed by atoms with van der Waals surface area (Å²) in [5, 5.41) is 0. The number of aliphatic imine (C=N–C) groups is 1.